The maximum atomic E-state index is 11.5. The first-order chi connectivity index (χ1) is 9.61. The van der Waals surface area contributed by atoms with Crippen LogP contribution in [0.5, 0.6) is 0 Å². The number of aromatic nitrogens is 3. The molecule has 0 saturated carbocycles. The zero-order chi connectivity index (χ0) is 14.5. The van der Waals surface area contributed by atoms with Crippen LogP contribution in [0.1, 0.15) is 0 Å². The van der Waals surface area contributed by atoms with Gasteiger partial charge in [-0.15, -0.1) is 21.5 Å². The van der Waals surface area contributed by atoms with Crippen LogP contribution in [-0.2, 0) is 11.8 Å². The Bertz CT molecular complexity index is 608. The maximum absolute atomic E-state index is 11.5. The lowest BCUT2D eigenvalue weighted by Crippen LogP contribution is -2.38. The minimum Gasteiger partial charge on any atom is -0.341 e. The lowest BCUT2D eigenvalue weighted by molar-refractivity contribution is -0.117. The van der Waals surface area contributed by atoms with E-state index in [9.17, 15) is 9.59 Å². The molecular formula is C11H13N5O2S2. The standard InChI is InChI=1S/C11H13N5O2S2/c1-12-10(18)13-8(17)6-20-11-15-14-9(16(11)2)7-4-3-5-19-7/h3-5H,6H2,1-2H3,(H2,12,13,17,18). The molecule has 0 aliphatic rings. The Morgan fingerprint density at radius 2 is 2.25 bits per heavy atom. The van der Waals surface area contributed by atoms with Gasteiger partial charge in [0, 0.05) is 14.1 Å². The quantitative estimate of drug-likeness (QED) is 0.825. The largest absolute Gasteiger partial charge is 0.341 e. The van der Waals surface area contributed by atoms with Gasteiger partial charge in [0.15, 0.2) is 11.0 Å². The Balaban J connectivity index is 1.98. The van der Waals surface area contributed by atoms with Gasteiger partial charge in [-0.25, -0.2) is 4.79 Å². The highest BCUT2D eigenvalue weighted by Gasteiger charge is 2.14. The van der Waals surface area contributed by atoms with Gasteiger partial charge in [0.25, 0.3) is 0 Å². The molecule has 3 amide bonds. The summed E-state index contributed by atoms with van der Waals surface area (Å²) in [4.78, 5) is 23.5. The molecule has 2 aromatic rings. The normalized spacial score (nSPS) is 10.3. The summed E-state index contributed by atoms with van der Waals surface area (Å²) in [6, 6.07) is 3.38. The minimum atomic E-state index is -0.521. The van der Waals surface area contributed by atoms with Crippen molar-refractivity contribution in [3.8, 4) is 10.7 Å². The molecule has 0 aromatic carbocycles. The minimum absolute atomic E-state index is 0.101. The number of rotatable bonds is 4. The smallest absolute Gasteiger partial charge is 0.321 e. The van der Waals surface area contributed by atoms with Crippen LogP contribution >= 0.6 is 23.1 Å². The third-order valence-corrected chi connectivity index (χ3v) is 4.27. The number of thiophene rings is 1. The second-order valence-electron chi connectivity index (χ2n) is 3.76. The fourth-order valence-corrected chi connectivity index (χ4v) is 2.87. The van der Waals surface area contributed by atoms with E-state index in [1.54, 1.807) is 11.3 Å². The van der Waals surface area contributed by atoms with Crippen LogP contribution in [0.15, 0.2) is 22.7 Å². The van der Waals surface area contributed by atoms with Crippen molar-refractivity contribution in [2.24, 2.45) is 7.05 Å². The second kappa shape index (κ2) is 6.53. The second-order valence-corrected chi connectivity index (χ2v) is 5.65. The molecule has 0 aliphatic carbocycles. The lowest BCUT2D eigenvalue weighted by atomic mass is 10.4. The Labute approximate surface area is 123 Å². The van der Waals surface area contributed by atoms with E-state index < -0.39 is 6.03 Å². The van der Waals surface area contributed by atoms with Crippen LogP contribution in [0, 0.1) is 0 Å². The summed E-state index contributed by atoms with van der Waals surface area (Å²) < 4.78 is 1.82. The number of nitrogens with one attached hydrogen (secondary N) is 2. The molecular weight excluding hydrogens is 298 g/mol. The fourth-order valence-electron chi connectivity index (χ4n) is 1.42. The van der Waals surface area contributed by atoms with Gasteiger partial charge in [0.05, 0.1) is 10.6 Å². The van der Waals surface area contributed by atoms with E-state index in [4.69, 9.17) is 0 Å². The third-order valence-electron chi connectivity index (χ3n) is 2.39. The number of amides is 3. The number of carbonyl (C=O) groups is 2. The number of hydrogen-bond donors (Lipinski definition) is 2. The van der Waals surface area contributed by atoms with Crippen LogP contribution in [0.4, 0.5) is 4.79 Å². The molecule has 0 fully saturated rings. The van der Waals surface area contributed by atoms with E-state index in [-0.39, 0.29) is 11.7 Å². The summed E-state index contributed by atoms with van der Waals surface area (Å²) in [7, 11) is 3.29. The highest BCUT2D eigenvalue weighted by molar-refractivity contribution is 7.99. The van der Waals surface area contributed by atoms with Gasteiger partial charge in [-0.1, -0.05) is 17.8 Å². The summed E-state index contributed by atoms with van der Waals surface area (Å²) in [6.07, 6.45) is 0. The van der Waals surface area contributed by atoms with Crippen LogP contribution < -0.4 is 10.6 Å². The number of urea groups is 1. The predicted octanol–water partition coefficient (Wildman–Crippen LogP) is 1.09. The maximum Gasteiger partial charge on any atom is 0.321 e. The molecule has 2 aromatic heterocycles. The predicted molar refractivity (Wildman–Crippen MR) is 77.6 cm³/mol. The van der Waals surface area contributed by atoms with Crippen molar-refractivity contribution in [2.45, 2.75) is 5.16 Å². The SMILES string of the molecule is CNC(=O)NC(=O)CSc1nnc(-c2cccs2)n1C. The molecule has 20 heavy (non-hydrogen) atoms. The first kappa shape index (κ1) is 14.5. The Morgan fingerprint density at radius 1 is 1.45 bits per heavy atom. The Morgan fingerprint density at radius 3 is 2.90 bits per heavy atom. The highest BCUT2D eigenvalue weighted by Crippen LogP contribution is 2.25. The molecule has 0 atom stereocenters. The molecule has 0 spiro atoms. The van der Waals surface area contributed by atoms with Crippen molar-refractivity contribution >= 4 is 35.0 Å². The van der Waals surface area contributed by atoms with Crippen LogP contribution in [0.25, 0.3) is 10.7 Å². The van der Waals surface area contributed by atoms with Gasteiger partial charge >= 0.3 is 6.03 Å². The topological polar surface area (TPSA) is 88.9 Å². The summed E-state index contributed by atoms with van der Waals surface area (Å²) in [5, 5.41) is 15.2. The Kier molecular flexibility index (Phi) is 4.74. The summed E-state index contributed by atoms with van der Waals surface area (Å²) in [5.41, 5.74) is 0. The van der Waals surface area contributed by atoms with Crippen molar-refractivity contribution in [1.82, 2.24) is 25.4 Å². The summed E-state index contributed by atoms with van der Waals surface area (Å²) >= 11 is 2.80. The molecule has 2 heterocycles. The highest BCUT2D eigenvalue weighted by atomic mass is 32.2. The van der Waals surface area contributed by atoms with Gasteiger partial charge in [0.1, 0.15) is 0 Å². The molecule has 2 rings (SSSR count). The van der Waals surface area contributed by atoms with Gasteiger partial charge < -0.3 is 9.88 Å². The first-order valence-electron chi connectivity index (χ1n) is 5.69. The van der Waals surface area contributed by atoms with Crippen molar-refractivity contribution in [3.05, 3.63) is 17.5 Å². The molecule has 0 saturated heterocycles. The molecule has 0 bridgehead atoms. The number of thioether (sulfide) groups is 1. The molecule has 7 nitrogen and oxygen atoms in total. The van der Waals surface area contributed by atoms with E-state index in [0.29, 0.717) is 5.16 Å². The van der Waals surface area contributed by atoms with Crippen molar-refractivity contribution < 1.29 is 9.59 Å². The van der Waals surface area contributed by atoms with E-state index >= 15 is 0 Å². The fraction of sp³-hybridized carbons (Fsp3) is 0.273. The van der Waals surface area contributed by atoms with Crippen LogP contribution in [0.2, 0.25) is 0 Å². The first-order valence-corrected chi connectivity index (χ1v) is 7.56. The third kappa shape index (κ3) is 3.36. The van der Waals surface area contributed by atoms with E-state index in [1.165, 1.54) is 18.8 Å². The summed E-state index contributed by atoms with van der Waals surface area (Å²) in [5.74, 6) is 0.480. The monoisotopic (exact) mass is 311 g/mol. The molecule has 0 unspecified atom stereocenters. The van der Waals surface area contributed by atoms with Crippen molar-refractivity contribution in [3.63, 3.8) is 0 Å². The van der Waals surface area contributed by atoms with Crippen molar-refractivity contribution in [2.75, 3.05) is 12.8 Å². The number of hydrogen-bond acceptors (Lipinski definition) is 6. The van der Waals surface area contributed by atoms with E-state index in [1.807, 2.05) is 29.1 Å². The molecule has 0 radical (unpaired) electrons. The van der Waals surface area contributed by atoms with Crippen LogP contribution in [0.3, 0.4) is 0 Å². The number of imide groups is 1. The number of nitrogens with zero attached hydrogens (tertiary/aromatic N) is 3. The molecule has 2 N–H and O–H groups in total. The molecule has 106 valence electrons. The van der Waals surface area contributed by atoms with Gasteiger partial charge in [-0.05, 0) is 11.4 Å². The molecule has 9 heteroatoms. The summed E-state index contributed by atoms with van der Waals surface area (Å²) in [6.45, 7) is 0. The average Bonchev–Trinajstić information content (AvgIpc) is 3.06. The molecule has 0 aliphatic heterocycles. The van der Waals surface area contributed by atoms with Gasteiger partial charge in [-0.2, -0.15) is 0 Å². The zero-order valence-electron chi connectivity index (χ0n) is 10.9. The van der Waals surface area contributed by atoms with E-state index in [0.717, 1.165) is 10.7 Å². The Hall–Kier alpha value is -1.87. The van der Waals surface area contributed by atoms with E-state index in [2.05, 4.69) is 20.8 Å². The average molecular weight is 311 g/mol. The van der Waals surface area contributed by atoms with Gasteiger partial charge in [0.2, 0.25) is 5.91 Å². The van der Waals surface area contributed by atoms with Crippen molar-refractivity contribution in [1.29, 1.82) is 0 Å². The lowest BCUT2D eigenvalue weighted by Gasteiger charge is -2.03. The number of carbonyl (C=O) groups excluding carboxylic acids is 2. The van der Waals surface area contributed by atoms with Gasteiger partial charge in [-0.3, -0.25) is 10.1 Å². The zero-order valence-corrected chi connectivity index (χ0v) is 12.5. The van der Waals surface area contributed by atoms with Crippen LogP contribution in [-0.4, -0.2) is 39.5 Å².